The number of nitrogens with one attached hydrogen (secondary N) is 2. The summed E-state index contributed by atoms with van der Waals surface area (Å²) in [6.45, 7) is 6.53. The molecule has 1 amide bonds. The predicted molar refractivity (Wildman–Crippen MR) is 98.7 cm³/mol. The quantitative estimate of drug-likeness (QED) is 0.859. The maximum atomic E-state index is 12.2. The van der Waals surface area contributed by atoms with Crippen molar-refractivity contribution in [3.63, 3.8) is 0 Å². The van der Waals surface area contributed by atoms with Gasteiger partial charge in [-0.15, -0.1) is 0 Å². The first-order valence-electron chi connectivity index (χ1n) is 9.44. The third kappa shape index (κ3) is 3.43. The molecule has 1 saturated carbocycles. The number of aromatic nitrogens is 4. The molecule has 1 aliphatic carbocycles. The molecule has 1 unspecified atom stereocenters. The molecular weight excluding hydrogens is 328 g/mol. The molecule has 1 aliphatic heterocycles. The smallest absolute Gasteiger partial charge is 0.223 e. The summed E-state index contributed by atoms with van der Waals surface area (Å²) in [5.74, 6) is 3.21. The van der Waals surface area contributed by atoms with Gasteiger partial charge >= 0.3 is 0 Å². The maximum absolute atomic E-state index is 12.2. The zero-order valence-electron chi connectivity index (χ0n) is 15.4. The summed E-state index contributed by atoms with van der Waals surface area (Å²) >= 11 is 0. The van der Waals surface area contributed by atoms with Crippen LogP contribution in [0.2, 0.25) is 0 Å². The summed E-state index contributed by atoms with van der Waals surface area (Å²) in [6.07, 6.45) is 6.73. The van der Waals surface area contributed by atoms with Gasteiger partial charge in [0.05, 0.1) is 6.20 Å². The standard InChI is InChI=1S/C19H26N6O/c1-12-7-15(8-12)19(26)21-9-16-10-22-24-18(16)14-4-6-25(11-14)17-3-5-20-13(2)23-17/h3,5,10,12,14-15H,4,6-9,11H2,1-2H3,(H,21,26)(H,22,24). The molecule has 0 radical (unpaired) electrons. The Kier molecular flexibility index (Phi) is 4.61. The second-order valence-corrected chi connectivity index (χ2v) is 7.69. The number of H-pyrrole nitrogens is 1. The van der Waals surface area contributed by atoms with Crippen molar-refractivity contribution in [1.82, 2.24) is 25.5 Å². The van der Waals surface area contributed by atoms with Gasteiger partial charge in [-0.3, -0.25) is 9.89 Å². The number of rotatable bonds is 5. The fourth-order valence-corrected chi connectivity index (χ4v) is 4.08. The second-order valence-electron chi connectivity index (χ2n) is 7.69. The SMILES string of the molecule is Cc1nccc(N2CCC(c3[nH]ncc3CNC(=O)C3CC(C)C3)C2)n1. The first-order chi connectivity index (χ1) is 12.6. The lowest BCUT2D eigenvalue weighted by Crippen LogP contribution is -2.37. The Hall–Kier alpha value is -2.44. The van der Waals surface area contributed by atoms with Crippen LogP contribution in [0.15, 0.2) is 18.5 Å². The summed E-state index contributed by atoms with van der Waals surface area (Å²) in [4.78, 5) is 23.2. The first kappa shape index (κ1) is 17.0. The summed E-state index contributed by atoms with van der Waals surface area (Å²) in [5, 5.41) is 10.5. The van der Waals surface area contributed by atoms with Crippen LogP contribution in [0.5, 0.6) is 0 Å². The minimum absolute atomic E-state index is 0.180. The topological polar surface area (TPSA) is 86.8 Å². The van der Waals surface area contributed by atoms with E-state index < -0.39 is 0 Å². The monoisotopic (exact) mass is 354 g/mol. The Morgan fingerprint density at radius 3 is 3.04 bits per heavy atom. The number of carbonyl (C=O) groups is 1. The molecule has 2 aliphatic rings. The molecule has 7 heteroatoms. The molecular formula is C19H26N6O. The summed E-state index contributed by atoms with van der Waals surface area (Å²) in [6, 6.07) is 1.96. The maximum Gasteiger partial charge on any atom is 0.223 e. The van der Waals surface area contributed by atoms with E-state index in [0.29, 0.717) is 18.4 Å². The lowest BCUT2D eigenvalue weighted by Gasteiger charge is -2.31. The zero-order chi connectivity index (χ0) is 18.1. The van der Waals surface area contributed by atoms with E-state index in [1.807, 2.05) is 25.4 Å². The van der Waals surface area contributed by atoms with E-state index in [1.165, 1.54) is 0 Å². The van der Waals surface area contributed by atoms with Gasteiger partial charge in [-0.1, -0.05) is 6.92 Å². The molecule has 2 aromatic heterocycles. The van der Waals surface area contributed by atoms with E-state index in [9.17, 15) is 4.79 Å². The van der Waals surface area contributed by atoms with Crippen molar-refractivity contribution in [3.05, 3.63) is 35.5 Å². The highest BCUT2D eigenvalue weighted by molar-refractivity contribution is 5.79. The number of hydrogen-bond acceptors (Lipinski definition) is 5. The van der Waals surface area contributed by atoms with Gasteiger partial charge in [0.2, 0.25) is 5.91 Å². The van der Waals surface area contributed by atoms with Crippen LogP contribution in [0.25, 0.3) is 0 Å². The number of amides is 1. The molecule has 0 aromatic carbocycles. The fraction of sp³-hybridized carbons (Fsp3) is 0.579. The number of nitrogens with zero attached hydrogens (tertiary/aromatic N) is 4. The van der Waals surface area contributed by atoms with Crippen molar-refractivity contribution < 1.29 is 4.79 Å². The highest BCUT2D eigenvalue weighted by atomic mass is 16.1. The van der Waals surface area contributed by atoms with Crippen molar-refractivity contribution >= 4 is 11.7 Å². The lowest BCUT2D eigenvalue weighted by atomic mass is 9.75. The van der Waals surface area contributed by atoms with Crippen LogP contribution < -0.4 is 10.2 Å². The molecule has 0 spiro atoms. The van der Waals surface area contributed by atoms with E-state index in [1.54, 1.807) is 0 Å². The Balaban J connectivity index is 1.37. The van der Waals surface area contributed by atoms with Gasteiger partial charge in [-0.25, -0.2) is 9.97 Å². The number of aromatic amines is 1. The van der Waals surface area contributed by atoms with E-state index in [0.717, 1.165) is 55.3 Å². The van der Waals surface area contributed by atoms with Crippen LogP contribution in [-0.4, -0.2) is 39.2 Å². The molecule has 0 bridgehead atoms. The molecule has 2 fully saturated rings. The largest absolute Gasteiger partial charge is 0.356 e. The molecule has 7 nitrogen and oxygen atoms in total. The van der Waals surface area contributed by atoms with E-state index in [-0.39, 0.29) is 11.8 Å². The van der Waals surface area contributed by atoms with Crippen molar-refractivity contribution in [2.75, 3.05) is 18.0 Å². The minimum atomic E-state index is 0.180. The van der Waals surface area contributed by atoms with Crippen LogP contribution in [0.4, 0.5) is 5.82 Å². The lowest BCUT2D eigenvalue weighted by molar-refractivity contribution is -0.129. The first-order valence-corrected chi connectivity index (χ1v) is 9.44. The minimum Gasteiger partial charge on any atom is -0.356 e. The Bertz CT molecular complexity index is 782. The molecule has 2 aromatic rings. The normalized spacial score (nSPS) is 25.2. The van der Waals surface area contributed by atoms with E-state index >= 15 is 0 Å². The highest BCUT2D eigenvalue weighted by Crippen LogP contribution is 2.33. The van der Waals surface area contributed by atoms with Gasteiger partial charge in [-0.05, 0) is 38.2 Å². The van der Waals surface area contributed by atoms with Gasteiger partial charge in [0, 0.05) is 48.9 Å². The molecule has 1 atom stereocenters. The van der Waals surface area contributed by atoms with Crippen molar-refractivity contribution in [1.29, 1.82) is 0 Å². The van der Waals surface area contributed by atoms with Gasteiger partial charge in [-0.2, -0.15) is 5.10 Å². The van der Waals surface area contributed by atoms with Crippen molar-refractivity contribution in [2.24, 2.45) is 11.8 Å². The molecule has 1 saturated heterocycles. The predicted octanol–water partition coefficient (Wildman–Crippen LogP) is 2.16. The third-order valence-corrected chi connectivity index (χ3v) is 5.63. The third-order valence-electron chi connectivity index (χ3n) is 5.63. The van der Waals surface area contributed by atoms with E-state index in [4.69, 9.17) is 0 Å². The molecule has 138 valence electrons. The van der Waals surface area contributed by atoms with Gasteiger partial charge < -0.3 is 10.2 Å². The van der Waals surface area contributed by atoms with Gasteiger partial charge in [0.15, 0.2) is 0 Å². The number of aryl methyl sites for hydroxylation is 1. The van der Waals surface area contributed by atoms with Crippen LogP contribution >= 0.6 is 0 Å². The summed E-state index contributed by atoms with van der Waals surface area (Å²) in [7, 11) is 0. The van der Waals surface area contributed by atoms with Crippen LogP contribution in [0.1, 0.15) is 49.2 Å². The highest BCUT2D eigenvalue weighted by Gasteiger charge is 2.32. The van der Waals surface area contributed by atoms with Crippen molar-refractivity contribution in [2.45, 2.75) is 45.6 Å². The van der Waals surface area contributed by atoms with Gasteiger partial charge in [0.1, 0.15) is 11.6 Å². The fourth-order valence-electron chi connectivity index (χ4n) is 4.08. The van der Waals surface area contributed by atoms with Crippen molar-refractivity contribution in [3.8, 4) is 0 Å². The molecule has 2 N–H and O–H groups in total. The summed E-state index contributed by atoms with van der Waals surface area (Å²) in [5.41, 5.74) is 2.23. The summed E-state index contributed by atoms with van der Waals surface area (Å²) < 4.78 is 0. The average molecular weight is 354 g/mol. The van der Waals surface area contributed by atoms with Crippen LogP contribution in [-0.2, 0) is 11.3 Å². The average Bonchev–Trinajstić information content (AvgIpc) is 3.25. The van der Waals surface area contributed by atoms with Gasteiger partial charge in [0.25, 0.3) is 0 Å². The Morgan fingerprint density at radius 2 is 2.27 bits per heavy atom. The van der Waals surface area contributed by atoms with E-state index in [2.05, 4.69) is 37.3 Å². The molecule has 3 heterocycles. The Morgan fingerprint density at radius 1 is 1.42 bits per heavy atom. The second kappa shape index (κ2) is 7.05. The zero-order valence-corrected chi connectivity index (χ0v) is 15.4. The molecule has 26 heavy (non-hydrogen) atoms. The molecule has 4 rings (SSSR count). The number of anilines is 1. The number of hydrogen-bond donors (Lipinski definition) is 2. The van der Waals surface area contributed by atoms with Crippen LogP contribution in [0, 0.1) is 18.8 Å². The Labute approximate surface area is 153 Å². The number of carbonyl (C=O) groups excluding carboxylic acids is 1. The van der Waals surface area contributed by atoms with Crippen LogP contribution in [0.3, 0.4) is 0 Å².